The summed E-state index contributed by atoms with van der Waals surface area (Å²) >= 11 is 9.17. The molecule has 0 aliphatic heterocycles. The summed E-state index contributed by atoms with van der Waals surface area (Å²) in [4.78, 5) is 2.30. The summed E-state index contributed by atoms with van der Waals surface area (Å²) in [5, 5.41) is 0. The zero-order valence-corrected chi connectivity index (χ0v) is 11.6. The molecule has 1 aromatic rings. The van der Waals surface area contributed by atoms with Gasteiger partial charge in [0.1, 0.15) is 0 Å². The minimum atomic E-state index is 0.738. The van der Waals surface area contributed by atoms with Crippen molar-refractivity contribution >= 4 is 27.5 Å². The van der Waals surface area contributed by atoms with Crippen LogP contribution in [0, 0.1) is 6.92 Å². The Labute approximate surface area is 106 Å². The van der Waals surface area contributed by atoms with Crippen LogP contribution in [0.5, 0.6) is 0 Å². The van der Waals surface area contributed by atoms with Crippen molar-refractivity contribution in [2.24, 2.45) is 0 Å². The Morgan fingerprint density at radius 3 is 2.80 bits per heavy atom. The molecule has 0 saturated carbocycles. The van der Waals surface area contributed by atoms with E-state index in [2.05, 4.69) is 53.0 Å². The SMILES string of the molecule is Cc1ccc(Br)cc1CN(C)CCCCl. The molecule has 1 nitrogen and oxygen atoms in total. The molecule has 0 unspecified atom stereocenters. The minimum Gasteiger partial charge on any atom is -0.302 e. The second-order valence-electron chi connectivity index (χ2n) is 3.85. The molecule has 0 bridgehead atoms. The van der Waals surface area contributed by atoms with Crippen LogP contribution in [0.15, 0.2) is 22.7 Å². The van der Waals surface area contributed by atoms with Crippen molar-refractivity contribution in [2.75, 3.05) is 19.5 Å². The van der Waals surface area contributed by atoms with Gasteiger partial charge in [0.2, 0.25) is 0 Å². The van der Waals surface area contributed by atoms with Gasteiger partial charge in [0, 0.05) is 16.9 Å². The highest BCUT2D eigenvalue weighted by molar-refractivity contribution is 9.10. The molecular weight excluding hydrogens is 273 g/mol. The van der Waals surface area contributed by atoms with Crippen LogP contribution in [0.4, 0.5) is 0 Å². The molecule has 1 aromatic carbocycles. The Kier molecular flexibility index (Phi) is 5.65. The zero-order chi connectivity index (χ0) is 11.3. The van der Waals surface area contributed by atoms with Crippen LogP contribution in [-0.2, 0) is 6.54 Å². The monoisotopic (exact) mass is 289 g/mol. The smallest absolute Gasteiger partial charge is 0.0235 e. The Morgan fingerprint density at radius 1 is 1.40 bits per heavy atom. The lowest BCUT2D eigenvalue weighted by molar-refractivity contribution is 0.327. The molecule has 0 fully saturated rings. The highest BCUT2D eigenvalue weighted by atomic mass is 79.9. The van der Waals surface area contributed by atoms with E-state index in [1.54, 1.807) is 0 Å². The maximum absolute atomic E-state index is 5.67. The van der Waals surface area contributed by atoms with Gasteiger partial charge in [-0.25, -0.2) is 0 Å². The Morgan fingerprint density at radius 2 is 2.13 bits per heavy atom. The van der Waals surface area contributed by atoms with Crippen LogP contribution in [0.3, 0.4) is 0 Å². The second-order valence-corrected chi connectivity index (χ2v) is 5.14. The molecule has 0 spiro atoms. The summed E-state index contributed by atoms with van der Waals surface area (Å²) < 4.78 is 1.15. The minimum absolute atomic E-state index is 0.738. The molecule has 0 heterocycles. The van der Waals surface area contributed by atoms with E-state index in [1.165, 1.54) is 11.1 Å². The number of alkyl halides is 1. The Bertz CT molecular complexity index is 314. The molecule has 0 N–H and O–H groups in total. The Balaban J connectivity index is 2.59. The van der Waals surface area contributed by atoms with E-state index in [4.69, 9.17) is 11.6 Å². The van der Waals surface area contributed by atoms with Crippen molar-refractivity contribution in [3.05, 3.63) is 33.8 Å². The van der Waals surface area contributed by atoms with Gasteiger partial charge in [-0.05, 0) is 50.2 Å². The first-order valence-corrected chi connectivity index (χ1v) is 6.46. The lowest BCUT2D eigenvalue weighted by atomic mass is 10.1. The number of halogens is 2. The number of rotatable bonds is 5. The lowest BCUT2D eigenvalue weighted by Gasteiger charge is -2.17. The predicted molar refractivity (Wildman–Crippen MR) is 70.6 cm³/mol. The first kappa shape index (κ1) is 13.0. The van der Waals surface area contributed by atoms with Crippen LogP contribution < -0.4 is 0 Å². The van der Waals surface area contributed by atoms with Gasteiger partial charge in [-0.1, -0.05) is 22.0 Å². The average Bonchev–Trinajstić information content (AvgIpc) is 2.20. The van der Waals surface area contributed by atoms with Gasteiger partial charge in [0.25, 0.3) is 0 Å². The average molecular weight is 291 g/mol. The molecule has 0 atom stereocenters. The van der Waals surface area contributed by atoms with Crippen molar-refractivity contribution in [3.63, 3.8) is 0 Å². The van der Waals surface area contributed by atoms with Gasteiger partial charge < -0.3 is 4.90 Å². The van der Waals surface area contributed by atoms with Crippen LogP contribution >= 0.6 is 27.5 Å². The maximum atomic E-state index is 5.67. The van der Waals surface area contributed by atoms with Gasteiger partial charge in [-0.3, -0.25) is 0 Å². The third-order valence-electron chi connectivity index (χ3n) is 2.42. The predicted octanol–water partition coefficient (Wildman–Crippen LogP) is 3.82. The Hall–Kier alpha value is -0.0500. The fraction of sp³-hybridized carbons (Fsp3) is 0.500. The summed E-state index contributed by atoms with van der Waals surface area (Å²) in [5.41, 5.74) is 2.72. The molecule has 0 aliphatic carbocycles. The van der Waals surface area contributed by atoms with Gasteiger partial charge >= 0.3 is 0 Å². The number of aryl methyl sites for hydroxylation is 1. The van der Waals surface area contributed by atoms with E-state index in [-0.39, 0.29) is 0 Å². The molecule has 0 aromatic heterocycles. The third-order valence-corrected chi connectivity index (χ3v) is 3.19. The van der Waals surface area contributed by atoms with E-state index in [0.717, 1.165) is 29.9 Å². The van der Waals surface area contributed by atoms with Crippen molar-refractivity contribution in [3.8, 4) is 0 Å². The van der Waals surface area contributed by atoms with E-state index in [9.17, 15) is 0 Å². The number of nitrogens with zero attached hydrogens (tertiary/aromatic N) is 1. The molecule has 3 heteroatoms. The van der Waals surface area contributed by atoms with Crippen molar-refractivity contribution < 1.29 is 0 Å². The van der Waals surface area contributed by atoms with Crippen molar-refractivity contribution in [1.82, 2.24) is 4.90 Å². The van der Waals surface area contributed by atoms with Gasteiger partial charge in [-0.2, -0.15) is 0 Å². The maximum Gasteiger partial charge on any atom is 0.0235 e. The summed E-state index contributed by atoms with van der Waals surface area (Å²) in [6.07, 6.45) is 1.05. The zero-order valence-electron chi connectivity index (χ0n) is 9.26. The topological polar surface area (TPSA) is 3.24 Å². The second kappa shape index (κ2) is 6.51. The van der Waals surface area contributed by atoms with Crippen LogP contribution in [0.2, 0.25) is 0 Å². The highest BCUT2D eigenvalue weighted by Gasteiger charge is 2.03. The molecule has 84 valence electrons. The molecule has 0 saturated heterocycles. The summed E-state index contributed by atoms with van der Waals surface area (Å²) in [7, 11) is 2.13. The molecule has 0 radical (unpaired) electrons. The third kappa shape index (κ3) is 4.54. The standard InChI is InChI=1S/C12H17BrClN/c1-10-4-5-12(13)8-11(10)9-15(2)7-3-6-14/h4-5,8H,3,6-7,9H2,1-2H3. The van der Waals surface area contributed by atoms with Gasteiger partial charge in [0.15, 0.2) is 0 Å². The highest BCUT2D eigenvalue weighted by Crippen LogP contribution is 2.17. The number of hydrogen-bond acceptors (Lipinski definition) is 1. The summed E-state index contributed by atoms with van der Waals surface area (Å²) in [5.74, 6) is 0.738. The normalized spacial score (nSPS) is 11.0. The quantitative estimate of drug-likeness (QED) is 0.745. The molecule has 15 heavy (non-hydrogen) atoms. The summed E-state index contributed by atoms with van der Waals surface area (Å²) in [6, 6.07) is 6.42. The lowest BCUT2D eigenvalue weighted by Crippen LogP contribution is -2.19. The molecule has 0 aliphatic rings. The fourth-order valence-electron chi connectivity index (χ4n) is 1.51. The number of hydrogen-bond donors (Lipinski definition) is 0. The van der Waals surface area contributed by atoms with E-state index in [1.807, 2.05) is 0 Å². The van der Waals surface area contributed by atoms with Gasteiger partial charge in [0.05, 0.1) is 0 Å². The molecular formula is C12H17BrClN. The van der Waals surface area contributed by atoms with Crippen LogP contribution in [0.25, 0.3) is 0 Å². The fourth-order valence-corrected chi connectivity index (χ4v) is 2.04. The first-order valence-electron chi connectivity index (χ1n) is 5.13. The van der Waals surface area contributed by atoms with Crippen LogP contribution in [0.1, 0.15) is 17.5 Å². The first-order chi connectivity index (χ1) is 7.13. The largest absolute Gasteiger partial charge is 0.302 e. The van der Waals surface area contributed by atoms with Gasteiger partial charge in [-0.15, -0.1) is 11.6 Å². The molecule has 0 amide bonds. The number of benzene rings is 1. The van der Waals surface area contributed by atoms with E-state index < -0.39 is 0 Å². The van der Waals surface area contributed by atoms with E-state index >= 15 is 0 Å². The van der Waals surface area contributed by atoms with E-state index in [0.29, 0.717) is 0 Å². The van der Waals surface area contributed by atoms with Crippen molar-refractivity contribution in [2.45, 2.75) is 19.9 Å². The van der Waals surface area contributed by atoms with Crippen molar-refractivity contribution in [1.29, 1.82) is 0 Å². The summed E-state index contributed by atoms with van der Waals surface area (Å²) in [6.45, 7) is 4.19. The van der Waals surface area contributed by atoms with Crippen LogP contribution in [-0.4, -0.2) is 24.4 Å². The molecule has 1 rings (SSSR count).